The fourth-order valence-electron chi connectivity index (χ4n) is 4.68. The molecule has 1 fully saturated rings. The molecule has 0 atom stereocenters. The first-order chi connectivity index (χ1) is 12.9. The van der Waals surface area contributed by atoms with Gasteiger partial charge in [0.1, 0.15) is 5.75 Å². The van der Waals surface area contributed by atoms with Gasteiger partial charge in [0.15, 0.2) is 5.60 Å². The van der Waals surface area contributed by atoms with Crippen LogP contribution in [0.3, 0.4) is 0 Å². The van der Waals surface area contributed by atoms with Crippen LogP contribution in [-0.2, 0) is 9.59 Å². The second-order valence-electron chi connectivity index (χ2n) is 9.85. The van der Waals surface area contributed by atoms with Crippen LogP contribution in [0.5, 0.6) is 5.75 Å². The third-order valence-corrected chi connectivity index (χ3v) is 5.40. The first-order valence-corrected chi connectivity index (χ1v) is 10.1. The van der Waals surface area contributed by atoms with Crippen molar-refractivity contribution >= 4 is 17.5 Å². The average Bonchev–Trinajstić information content (AvgIpc) is 2.52. The number of rotatable bonds is 4. The number of piperidine rings is 1. The van der Waals surface area contributed by atoms with Gasteiger partial charge in [-0.25, -0.2) is 0 Å². The standard InChI is InChI=1S/C22H33N3O3/c1-20(2)13-15(14-21(3,4)24-20)23-18(26)11-12-25-16-9-7-8-10-17(16)28-22(5,6)19(25)27/h7-10,15,24H,11-14H2,1-6H3,(H,23,26). The monoisotopic (exact) mass is 387 g/mol. The number of anilines is 1. The van der Waals surface area contributed by atoms with Crippen molar-refractivity contribution in [3.8, 4) is 5.75 Å². The summed E-state index contributed by atoms with van der Waals surface area (Å²) in [7, 11) is 0. The Labute approximate surface area is 168 Å². The normalized spacial score (nSPS) is 22.9. The van der Waals surface area contributed by atoms with Crippen LogP contribution < -0.4 is 20.3 Å². The Kier molecular flexibility index (Phi) is 5.21. The van der Waals surface area contributed by atoms with E-state index in [0.29, 0.717) is 12.3 Å². The lowest BCUT2D eigenvalue weighted by Crippen LogP contribution is -2.62. The Hall–Kier alpha value is -2.08. The van der Waals surface area contributed by atoms with Gasteiger partial charge in [-0.2, -0.15) is 0 Å². The van der Waals surface area contributed by atoms with Gasteiger partial charge < -0.3 is 20.3 Å². The Balaban J connectivity index is 1.65. The predicted octanol–water partition coefficient (Wildman–Crippen LogP) is 3.01. The number of carbonyl (C=O) groups excluding carboxylic acids is 2. The highest BCUT2D eigenvalue weighted by molar-refractivity contribution is 6.02. The van der Waals surface area contributed by atoms with Crippen molar-refractivity contribution in [2.45, 2.75) is 83.5 Å². The highest BCUT2D eigenvalue weighted by atomic mass is 16.5. The maximum absolute atomic E-state index is 12.8. The van der Waals surface area contributed by atoms with Crippen molar-refractivity contribution in [2.75, 3.05) is 11.4 Å². The number of ether oxygens (including phenoxy) is 1. The number of nitrogens with zero attached hydrogens (tertiary/aromatic N) is 1. The Bertz CT molecular complexity index is 754. The largest absolute Gasteiger partial charge is 0.476 e. The Morgan fingerprint density at radius 1 is 1.14 bits per heavy atom. The molecule has 2 aliphatic heterocycles. The quantitative estimate of drug-likeness (QED) is 0.833. The minimum Gasteiger partial charge on any atom is -0.476 e. The summed E-state index contributed by atoms with van der Waals surface area (Å²) >= 11 is 0. The van der Waals surface area contributed by atoms with E-state index in [-0.39, 0.29) is 35.4 Å². The number of nitrogens with one attached hydrogen (secondary N) is 2. The predicted molar refractivity (Wildman–Crippen MR) is 111 cm³/mol. The molecule has 0 radical (unpaired) electrons. The molecule has 1 aromatic rings. The van der Waals surface area contributed by atoms with Gasteiger partial charge in [-0.15, -0.1) is 0 Å². The Morgan fingerprint density at radius 3 is 2.39 bits per heavy atom. The number of amides is 2. The molecule has 2 aliphatic rings. The Morgan fingerprint density at radius 2 is 1.75 bits per heavy atom. The van der Waals surface area contributed by atoms with E-state index in [1.807, 2.05) is 24.3 Å². The summed E-state index contributed by atoms with van der Waals surface area (Å²) in [6.07, 6.45) is 2.03. The van der Waals surface area contributed by atoms with Crippen molar-refractivity contribution in [2.24, 2.45) is 0 Å². The molecule has 6 nitrogen and oxygen atoms in total. The van der Waals surface area contributed by atoms with Gasteiger partial charge in [0.25, 0.3) is 5.91 Å². The molecule has 0 saturated carbocycles. The number of carbonyl (C=O) groups is 2. The summed E-state index contributed by atoms with van der Waals surface area (Å²) in [4.78, 5) is 27.2. The molecule has 3 rings (SSSR count). The maximum Gasteiger partial charge on any atom is 0.270 e. The molecule has 0 aromatic heterocycles. The van der Waals surface area contributed by atoms with Crippen molar-refractivity contribution in [3.63, 3.8) is 0 Å². The SMILES string of the molecule is CC1(C)CC(NC(=O)CCN2C(=O)C(C)(C)Oc3ccccc32)CC(C)(C)N1. The van der Waals surface area contributed by atoms with Crippen LogP contribution in [0.2, 0.25) is 0 Å². The van der Waals surface area contributed by atoms with E-state index < -0.39 is 5.60 Å². The fourth-order valence-corrected chi connectivity index (χ4v) is 4.68. The molecule has 1 aromatic carbocycles. The molecule has 2 N–H and O–H groups in total. The van der Waals surface area contributed by atoms with Crippen molar-refractivity contribution in [1.29, 1.82) is 0 Å². The molecular weight excluding hydrogens is 354 g/mol. The van der Waals surface area contributed by atoms with E-state index in [2.05, 4.69) is 38.3 Å². The number of hydrogen-bond donors (Lipinski definition) is 2. The second kappa shape index (κ2) is 7.07. The van der Waals surface area contributed by atoms with Gasteiger partial charge in [0.2, 0.25) is 5.91 Å². The molecule has 6 heteroatoms. The molecule has 1 saturated heterocycles. The summed E-state index contributed by atoms with van der Waals surface area (Å²) < 4.78 is 5.84. The first kappa shape index (κ1) is 20.6. The number of benzene rings is 1. The van der Waals surface area contributed by atoms with Crippen LogP contribution in [0.15, 0.2) is 24.3 Å². The van der Waals surface area contributed by atoms with Crippen molar-refractivity contribution < 1.29 is 14.3 Å². The van der Waals surface area contributed by atoms with Crippen LogP contribution >= 0.6 is 0 Å². The van der Waals surface area contributed by atoms with Crippen LogP contribution in [-0.4, -0.2) is 41.1 Å². The third kappa shape index (κ3) is 4.49. The van der Waals surface area contributed by atoms with Gasteiger partial charge in [-0.3, -0.25) is 9.59 Å². The van der Waals surface area contributed by atoms with Crippen LogP contribution in [0.1, 0.15) is 60.8 Å². The fraction of sp³-hybridized carbons (Fsp3) is 0.636. The van der Waals surface area contributed by atoms with E-state index in [9.17, 15) is 9.59 Å². The lowest BCUT2D eigenvalue weighted by Gasteiger charge is -2.46. The van der Waals surface area contributed by atoms with Crippen molar-refractivity contribution in [1.82, 2.24) is 10.6 Å². The smallest absolute Gasteiger partial charge is 0.270 e. The van der Waals surface area contributed by atoms with Gasteiger partial charge in [0, 0.05) is 30.1 Å². The molecule has 0 bridgehead atoms. The lowest BCUT2D eigenvalue weighted by atomic mass is 9.79. The molecule has 2 heterocycles. The summed E-state index contributed by atoms with van der Waals surface area (Å²) in [5, 5.41) is 6.81. The summed E-state index contributed by atoms with van der Waals surface area (Å²) in [6, 6.07) is 7.60. The van der Waals surface area contributed by atoms with E-state index in [1.165, 1.54) is 0 Å². The van der Waals surface area contributed by atoms with Crippen LogP contribution in [0.4, 0.5) is 5.69 Å². The molecular formula is C22H33N3O3. The van der Waals surface area contributed by atoms with Gasteiger partial charge >= 0.3 is 0 Å². The highest BCUT2D eigenvalue weighted by Gasteiger charge is 2.41. The van der Waals surface area contributed by atoms with Gasteiger partial charge in [-0.1, -0.05) is 12.1 Å². The van der Waals surface area contributed by atoms with Gasteiger partial charge in [0.05, 0.1) is 5.69 Å². The molecule has 0 spiro atoms. The molecule has 28 heavy (non-hydrogen) atoms. The molecule has 0 aliphatic carbocycles. The zero-order chi connectivity index (χ0) is 20.7. The van der Waals surface area contributed by atoms with E-state index in [1.54, 1.807) is 18.7 Å². The number of para-hydroxylation sites is 2. The van der Waals surface area contributed by atoms with Gasteiger partial charge in [-0.05, 0) is 66.5 Å². The third-order valence-electron chi connectivity index (χ3n) is 5.40. The lowest BCUT2D eigenvalue weighted by molar-refractivity contribution is -0.132. The molecule has 154 valence electrons. The second-order valence-corrected chi connectivity index (χ2v) is 9.85. The number of fused-ring (bicyclic) bond motifs is 1. The molecule has 2 amide bonds. The summed E-state index contributed by atoms with van der Waals surface area (Å²) in [6.45, 7) is 12.5. The zero-order valence-corrected chi connectivity index (χ0v) is 17.9. The van der Waals surface area contributed by atoms with E-state index in [0.717, 1.165) is 18.5 Å². The minimum atomic E-state index is -0.937. The topological polar surface area (TPSA) is 70.7 Å². The van der Waals surface area contributed by atoms with E-state index in [4.69, 9.17) is 4.74 Å². The van der Waals surface area contributed by atoms with Crippen molar-refractivity contribution in [3.05, 3.63) is 24.3 Å². The highest BCUT2D eigenvalue weighted by Crippen LogP contribution is 2.37. The first-order valence-electron chi connectivity index (χ1n) is 10.1. The minimum absolute atomic E-state index is 0.0203. The van der Waals surface area contributed by atoms with Crippen LogP contribution in [0.25, 0.3) is 0 Å². The zero-order valence-electron chi connectivity index (χ0n) is 17.9. The maximum atomic E-state index is 12.8. The average molecular weight is 388 g/mol. The number of hydrogen-bond acceptors (Lipinski definition) is 4. The molecule has 0 unspecified atom stereocenters. The van der Waals surface area contributed by atoms with Crippen LogP contribution in [0, 0.1) is 0 Å². The summed E-state index contributed by atoms with van der Waals surface area (Å²) in [5.41, 5.74) is -0.261. The summed E-state index contributed by atoms with van der Waals surface area (Å²) in [5.74, 6) is 0.533. The van der Waals surface area contributed by atoms with E-state index >= 15 is 0 Å².